The molecule has 2 aromatic heterocycles. The minimum absolute atomic E-state index is 0.419. The summed E-state index contributed by atoms with van der Waals surface area (Å²) in [5, 5.41) is 12.0. The maximum absolute atomic E-state index is 4.28. The molecule has 1 aliphatic heterocycles. The molecule has 0 spiro atoms. The molecule has 4 rings (SSSR count). The maximum Gasteiger partial charge on any atom is 0.113 e. The first-order chi connectivity index (χ1) is 11.6. The van der Waals surface area contributed by atoms with E-state index in [0.717, 1.165) is 30.7 Å². The lowest BCUT2D eigenvalue weighted by atomic mass is 10.00. The molecular weight excluding hydrogens is 302 g/mol. The van der Waals surface area contributed by atoms with Crippen molar-refractivity contribution in [2.45, 2.75) is 18.5 Å². The first kappa shape index (κ1) is 15.3. The van der Waals surface area contributed by atoms with Crippen LogP contribution in [0.3, 0.4) is 0 Å². The van der Waals surface area contributed by atoms with E-state index < -0.39 is 0 Å². The molecule has 1 N–H and O–H groups in total. The van der Waals surface area contributed by atoms with Crippen molar-refractivity contribution >= 4 is 11.0 Å². The molecule has 1 aromatic carbocycles. The van der Waals surface area contributed by atoms with Crippen LogP contribution < -0.4 is 5.32 Å². The van der Waals surface area contributed by atoms with Gasteiger partial charge in [0.05, 0.1) is 11.8 Å². The predicted molar refractivity (Wildman–Crippen MR) is 92.6 cm³/mol. The van der Waals surface area contributed by atoms with Crippen molar-refractivity contribution in [3.63, 3.8) is 0 Å². The molecule has 1 fully saturated rings. The Morgan fingerprint density at radius 1 is 1.21 bits per heavy atom. The highest BCUT2D eigenvalue weighted by molar-refractivity contribution is 5.74. The van der Waals surface area contributed by atoms with Crippen LogP contribution in [0.25, 0.3) is 11.0 Å². The lowest BCUT2D eigenvalue weighted by Gasteiger charge is -2.20. The number of nitrogens with one attached hydrogen (secondary N) is 1. The third-order valence-electron chi connectivity index (χ3n) is 4.98. The molecule has 7 nitrogen and oxygen atoms in total. The third-order valence-corrected chi connectivity index (χ3v) is 4.98. The molecule has 2 atom stereocenters. The smallest absolute Gasteiger partial charge is 0.113 e. The van der Waals surface area contributed by atoms with Crippen LogP contribution in [0.4, 0.5) is 0 Å². The second kappa shape index (κ2) is 5.99. The van der Waals surface area contributed by atoms with Crippen molar-refractivity contribution in [2.24, 2.45) is 14.1 Å². The highest BCUT2D eigenvalue weighted by atomic mass is 15.4. The lowest BCUT2D eigenvalue weighted by Crippen LogP contribution is -2.35. The van der Waals surface area contributed by atoms with Crippen molar-refractivity contribution in [3.05, 3.63) is 42.0 Å². The van der Waals surface area contributed by atoms with Crippen LogP contribution in [0.2, 0.25) is 0 Å². The zero-order chi connectivity index (χ0) is 16.7. The molecule has 3 heterocycles. The summed E-state index contributed by atoms with van der Waals surface area (Å²) in [6.45, 7) is 2.93. The molecule has 0 unspecified atom stereocenters. The summed E-state index contributed by atoms with van der Waals surface area (Å²) in [7, 11) is 6.16. The summed E-state index contributed by atoms with van der Waals surface area (Å²) in [5.74, 6) is 0.461. The van der Waals surface area contributed by atoms with E-state index in [-0.39, 0.29) is 0 Å². The standard InChI is InChI=1S/C17H23N7/c1-22-9-13(17-8-18-11-23(17)2)15(10-22)19-7-12-4-5-16-14(6-12)20-21-24(16)3/h4-6,8,11,13,15,19H,7,9-10H2,1-3H3/t13-,15-/m1/s1. The number of hydrogen-bond acceptors (Lipinski definition) is 5. The molecule has 1 aliphatic rings. The number of likely N-dealkylation sites (tertiary alicyclic amines) is 1. The topological polar surface area (TPSA) is 63.8 Å². The van der Waals surface area contributed by atoms with Crippen LogP contribution in [-0.4, -0.2) is 55.6 Å². The number of aromatic nitrogens is 5. The van der Waals surface area contributed by atoms with Crippen LogP contribution in [0.1, 0.15) is 17.2 Å². The average molecular weight is 325 g/mol. The minimum Gasteiger partial charge on any atom is -0.337 e. The highest BCUT2D eigenvalue weighted by Crippen LogP contribution is 2.26. The van der Waals surface area contributed by atoms with Gasteiger partial charge in [-0.1, -0.05) is 11.3 Å². The van der Waals surface area contributed by atoms with Gasteiger partial charge in [-0.05, 0) is 24.7 Å². The number of aryl methyl sites for hydroxylation is 2. The first-order valence-electron chi connectivity index (χ1n) is 8.28. The van der Waals surface area contributed by atoms with Crippen molar-refractivity contribution in [1.82, 2.24) is 34.8 Å². The SMILES string of the molecule is CN1C[C@@H](NCc2ccc3c(c2)nnn3C)[C@H](c2cncn2C)C1. The number of hydrogen-bond donors (Lipinski definition) is 1. The van der Waals surface area contributed by atoms with E-state index in [1.54, 1.807) is 4.68 Å². The second-order valence-corrected chi connectivity index (χ2v) is 6.78. The first-order valence-corrected chi connectivity index (χ1v) is 8.28. The summed E-state index contributed by atoms with van der Waals surface area (Å²) >= 11 is 0. The molecule has 7 heteroatoms. The Balaban J connectivity index is 1.49. The molecule has 0 bridgehead atoms. The van der Waals surface area contributed by atoms with Gasteiger partial charge in [-0.3, -0.25) is 0 Å². The number of benzene rings is 1. The Bertz CT molecular complexity index is 850. The summed E-state index contributed by atoms with van der Waals surface area (Å²) in [6, 6.07) is 6.78. The van der Waals surface area contributed by atoms with Gasteiger partial charge in [0.1, 0.15) is 5.52 Å². The van der Waals surface area contributed by atoms with E-state index in [9.17, 15) is 0 Å². The van der Waals surface area contributed by atoms with Gasteiger partial charge >= 0.3 is 0 Å². The molecule has 0 aliphatic carbocycles. The molecule has 3 aromatic rings. The Kier molecular flexibility index (Phi) is 3.82. The summed E-state index contributed by atoms with van der Waals surface area (Å²) in [4.78, 5) is 6.66. The number of imidazole rings is 1. The summed E-state index contributed by atoms with van der Waals surface area (Å²) < 4.78 is 3.93. The van der Waals surface area contributed by atoms with Gasteiger partial charge in [0, 0.05) is 57.6 Å². The Morgan fingerprint density at radius 2 is 2.08 bits per heavy atom. The van der Waals surface area contributed by atoms with E-state index in [1.807, 2.05) is 19.6 Å². The molecule has 0 saturated carbocycles. The molecular formula is C17H23N7. The van der Waals surface area contributed by atoms with E-state index in [4.69, 9.17) is 0 Å². The van der Waals surface area contributed by atoms with Crippen molar-refractivity contribution < 1.29 is 0 Å². The number of rotatable bonds is 4. The lowest BCUT2D eigenvalue weighted by molar-refractivity contribution is 0.397. The fourth-order valence-electron chi connectivity index (χ4n) is 3.68. The molecule has 0 amide bonds. The van der Waals surface area contributed by atoms with Crippen LogP contribution in [0, 0.1) is 0 Å². The Hall–Kier alpha value is -2.25. The van der Waals surface area contributed by atoms with Crippen molar-refractivity contribution in [3.8, 4) is 0 Å². The number of likely N-dealkylation sites (N-methyl/N-ethyl adjacent to an activating group) is 1. The number of nitrogens with zero attached hydrogens (tertiary/aromatic N) is 6. The van der Waals surface area contributed by atoms with Crippen molar-refractivity contribution in [1.29, 1.82) is 0 Å². The molecule has 1 saturated heterocycles. The monoisotopic (exact) mass is 325 g/mol. The van der Waals surface area contributed by atoms with Crippen molar-refractivity contribution in [2.75, 3.05) is 20.1 Å². The predicted octanol–water partition coefficient (Wildman–Crippen LogP) is 0.889. The maximum atomic E-state index is 4.28. The minimum atomic E-state index is 0.419. The number of fused-ring (bicyclic) bond motifs is 1. The Labute approximate surface area is 141 Å². The van der Waals surface area contributed by atoms with E-state index >= 15 is 0 Å². The normalized spacial score (nSPS) is 21.8. The fourth-order valence-corrected chi connectivity index (χ4v) is 3.68. The molecule has 0 radical (unpaired) electrons. The second-order valence-electron chi connectivity index (χ2n) is 6.78. The quantitative estimate of drug-likeness (QED) is 0.772. The van der Waals surface area contributed by atoms with E-state index in [1.165, 1.54) is 11.3 Å². The van der Waals surface area contributed by atoms with Gasteiger partial charge < -0.3 is 14.8 Å². The summed E-state index contributed by atoms with van der Waals surface area (Å²) in [5.41, 5.74) is 4.54. The van der Waals surface area contributed by atoms with Gasteiger partial charge in [-0.15, -0.1) is 5.10 Å². The largest absolute Gasteiger partial charge is 0.337 e. The highest BCUT2D eigenvalue weighted by Gasteiger charge is 2.33. The van der Waals surface area contributed by atoms with Gasteiger partial charge in [0.2, 0.25) is 0 Å². The van der Waals surface area contributed by atoms with Crippen LogP contribution >= 0.6 is 0 Å². The Morgan fingerprint density at radius 3 is 2.88 bits per heavy atom. The van der Waals surface area contributed by atoms with E-state index in [2.05, 4.69) is 62.4 Å². The zero-order valence-corrected chi connectivity index (χ0v) is 14.3. The van der Waals surface area contributed by atoms with E-state index in [0.29, 0.717) is 12.0 Å². The zero-order valence-electron chi connectivity index (χ0n) is 14.3. The van der Waals surface area contributed by atoms with Crippen LogP contribution in [0.5, 0.6) is 0 Å². The van der Waals surface area contributed by atoms with Gasteiger partial charge in [0.15, 0.2) is 0 Å². The van der Waals surface area contributed by atoms with Gasteiger partial charge in [-0.25, -0.2) is 9.67 Å². The van der Waals surface area contributed by atoms with Crippen LogP contribution in [0.15, 0.2) is 30.7 Å². The summed E-state index contributed by atoms with van der Waals surface area (Å²) in [6.07, 6.45) is 3.87. The molecule has 126 valence electrons. The van der Waals surface area contributed by atoms with Gasteiger partial charge in [0.25, 0.3) is 0 Å². The fraction of sp³-hybridized carbons (Fsp3) is 0.471. The third kappa shape index (κ3) is 2.70. The van der Waals surface area contributed by atoms with Crippen LogP contribution in [-0.2, 0) is 20.6 Å². The van der Waals surface area contributed by atoms with Gasteiger partial charge in [-0.2, -0.15) is 0 Å². The molecule has 24 heavy (non-hydrogen) atoms. The average Bonchev–Trinajstić information content (AvgIpc) is 3.25.